The zero-order valence-electron chi connectivity index (χ0n) is 14.8. The van der Waals surface area contributed by atoms with E-state index in [0.29, 0.717) is 5.02 Å². The minimum atomic E-state index is -0.376. The van der Waals surface area contributed by atoms with Gasteiger partial charge in [-0.05, 0) is 58.5 Å². The molecule has 7 nitrogen and oxygen atoms in total. The summed E-state index contributed by atoms with van der Waals surface area (Å²) >= 11 is 10.3. The first kappa shape index (κ1) is 21.4. The van der Waals surface area contributed by atoms with Crippen LogP contribution in [-0.2, 0) is 10.5 Å². The summed E-state index contributed by atoms with van der Waals surface area (Å²) in [5.41, 5.74) is 3.79. The number of halogens is 1. The third-order valence-electron chi connectivity index (χ3n) is 3.42. The lowest BCUT2D eigenvalue weighted by Crippen LogP contribution is -2.19. The maximum Gasteiger partial charge on any atom is 0.323 e. The molecule has 0 aliphatic rings. The van der Waals surface area contributed by atoms with Gasteiger partial charge in [-0.25, -0.2) is 5.43 Å². The quantitative estimate of drug-likeness (QED) is 0.300. The van der Waals surface area contributed by atoms with Crippen LogP contribution < -0.4 is 15.6 Å². The van der Waals surface area contributed by atoms with E-state index in [4.69, 9.17) is 11.6 Å². The maximum atomic E-state index is 11.9. The minimum absolute atomic E-state index is 0.112. The lowest BCUT2D eigenvalue weighted by atomic mass is 10.2. The Kier molecular flexibility index (Phi) is 7.76. The summed E-state index contributed by atoms with van der Waals surface area (Å²) in [5.74, 6) is 0.120. The number of aromatic hydroxyl groups is 1. The third-order valence-corrected chi connectivity index (χ3v) is 7.00. The number of amides is 1. The number of hydrogen-bond donors (Lipinski definition) is 2. The molecule has 0 atom stereocenters. The number of hydrogen-bond acceptors (Lipinski definition) is 8. The van der Waals surface area contributed by atoms with Crippen LogP contribution in [0.15, 0.2) is 56.2 Å². The highest BCUT2D eigenvalue weighted by molar-refractivity contribution is 8.03. The Balaban J connectivity index is 1.42. The number of H-pyrrole nitrogens is 1. The molecule has 29 heavy (non-hydrogen) atoms. The van der Waals surface area contributed by atoms with Crippen molar-refractivity contribution in [2.24, 2.45) is 5.10 Å². The number of carbonyl (C=O) groups excluding carboxylic acids is 1. The lowest BCUT2D eigenvalue weighted by molar-refractivity contribution is -0.492. The Morgan fingerprint density at radius 3 is 2.86 bits per heavy atom. The van der Waals surface area contributed by atoms with Crippen molar-refractivity contribution in [3.8, 4) is 11.5 Å². The highest BCUT2D eigenvalue weighted by Crippen LogP contribution is 2.28. The molecule has 3 rings (SSSR count). The van der Waals surface area contributed by atoms with Crippen LogP contribution >= 0.6 is 46.5 Å². The predicted molar refractivity (Wildman–Crippen MR) is 114 cm³/mol. The summed E-state index contributed by atoms with van der Waals surface area (Å²) in [6, 6.07) is 11.6. The van der Waals surface area contributed by atoms with Crippen molar-refractivity contribution in [3.63, 3.8) is 0 Å². The van der Waals surface area contributed by atoms with Crippen LogP contribution in [0.5, 0.6) is 11.5 Å². The number of thioether (sulfide) groups is 2. The van der Waals surface area contributed by atoms with Gasteiger partial charge >= 0.3 is 4.34 Å². The normalized spacial score (nSPS) is 11.1. The highest BCUT2D eigenvalue weighted by Gasteiger charge is 2.13. The number of phenolic OH excluding ortho intramolecular Hbond substituents is 1. The zero-order chi connectivity index (χ0) is 20.6. The van der Waals surface area contributed by atoms with Crippen molar-refractivity contribution in [2.75, 3.05) is 5.75 Å². The summed E-state index contributed by atoms with van der Waals surface area (Å²) in [6.45, 7) is 0. The molecule has 0 unspecified atom stereocenters. The van der Waals surface area contributed by atoms with Crippen LogP contribution in [0, 0.1) is 0 Å². The molecule has 150 valence electrons. The first-order valence-electron chi connectivity index (χ1n) is 8.20. The van der Waals surface area contributed by atoms with Crippen molar-refractivity contribution in [1.29, 1.82) is 0 Å². The number of carbonyl (C=O) groups is 1. The molecule has 0 bridgehead atoms. The van der Waals surface area contributed by atoms with Gasteiger partial charge in [-0.2, -0.15) is 5.10 Å². The number of nitrogens with one attached hydrogen (secondary N) is 2. The van der Waals surface area contributed by atoms with Gasteiger partial charge in [0.1, 0.15) is 5.75 Å². The third kappa shape index (κ3) is 6.93. The number of phenols is 1. The van der Waals surface area contributed by atoms with Crippen LogP contribution in [0.3, 0.4) is 0 Å². The van der Waals surface area contributed by atoms with Gasteiger partial charge in [0.15, 0.2) is 0 Å². The molecule has 2 aromatic carbocycles. The van der Waals surface area contributed by atoms with Crippen LogP contribution in [-0.4, -0.2) is 28.1 Å². The number of nitrogens with zero attached hydrogens (tertiary/aromatic N) is 2. The highest BCUT2D eigenvalue weighted by atomic mass is 35.5. The van der Waals surface area contributed by atoms with E-state index >= 15 is 0 Å². The first-order valence-corrected chi connectivity index (χ1v) is 11.4. The molecule has 1 aromatic heterocycles. The number of aromatic nitrogens is 2. The minimum Gasteiger partial charge on any atom is -0.872 e. The number of hydrazone groups is 1. The molecule has 0 fully saturated rings. The standard InChI is InChI=1S/C18H15ClN4O3S3/c19-13-4-1-11(2-5-13)9-27-17-22-23-18(29-17)28-10-16(26)21-20-8-12-3-6-14(24)7-15(12)25/h1-8,24-25H,9-10H2,(H,21,26). The lowest BCUT2D eigenvalue weighted by Gasteiger charge is -2.09. The smallest absolute Gasteiger partial charge is 0.323 e. The van der Waals surface area contributed by atoms with Crippen molar-refractivity contribution in [1.82, 2.24) is 10.5 Å². The van der Waals surface area contributed by atoms with E-state index in [1.54, 1.807) is 11.8 Å². The molecule has 1 amide bonds. The second-order valence-electron chi connectivity index (χ2n) is 5.60. The molecular weight excluding hydrogens is 452 g/mol. The zero-order valence-corrected chi connectivity index (χ0v) is 18.0. The van der Waals surface area contributed by atoms with Gasteiger partial charge < -0.3 is 10.2 Å². The van der Waals surface area contributed by atoms with Gasteiger partial charge in [-0.15, -0.1) is 0 Å². The van der Waals surface area contributed by atoms with Crippen molar-refractivity contribution < 1.29 is 20.1 Å². The number of rotatable bonds is 8. The van der Waals surface area contributed by atoms with Crippen LogP contribution in [0.1, 0.15) is 11.1 Å². The van der Waals surface area contributed by atoms with E-state index in [0.717, 1.165) is 26.1 Å². The Bertz CT molecular complexity index is 1010. The summed E-state index contributed by atoms with van der Waals surface area (Å²) in [5, 5.41) is 32.4. The molecule has 1 heterocycles. The Hall–Kier alpha value is -2.27. The van der Waals surface area contributed by atoms with E-state index in [9.17, 15) is 15.0 Å². The van der Waals surface area contributed by atoms with Gasteiger partial charge in [-0.1, -0.05) is 52.4 Å². The molecule has 3 N–H and O–H groups in total. The number of benzene rings is 2. The van der Waals surface area contributed by atoms with Crippen molar-refractivity contribution in [2.45, 2.75) is 14.4 Å². The molecule has 3 aromatic rings. The predicted octanol–water partition coefficient (Wildman–Crippen LogP) is 2.92. The van der Waals surface area contributed by atoms with Gasteiger partial charge in [0.25, 0.3) is 5.91 Å². The second kappa shape index (κ2) is 10.5. The Morgan fingerprint density at radius 1 is 1.31 bits per heavy atom. The first-order chi connectivity index (χ1) is 14.0. The van der Waals surface area contributed by atoms with Crippen LogP contribution in [0.4, 0.5) is 0 Å². The van der Waals surface area contributed by atoms with E-state index in [1.165, 1.54) is 41.4 Å². The fourth-order valence-electron chi connectivity index (χ4n) is 2.03. The van der Waals surface area contributed by atoms with Crippen molar-refractivity contribution in [3.05, 3.63) is 58.6 Å². The number of aromatic amines is 1. The molecule has 0 radical (unpaired) electrons. The largest absolute Gasteiger partial charge is 0.872 e. The summed E-state index contributed by atoms with van der Waals surface area (Å²) in [4.78, 5) is 11.9. The fourth-order valence-corrected chi connectivity index (χ4v) is 5.00. The molecule has 0 aliphatic carbocycles. The summed E-state index contributed by atoms with van der Waals surface area (Å²) in [7, 11) is 0. The van der Waals surface area contributed by atoms with Crippen LogP contribution in [0.2, 0.25) is 5.02 Å². The van der Waals surface area contributed by atoms with Gasteiger partial charge in [0.05, 0.1) is 12.0 Å². The molecule has 0 spiro atoms. The molecule has 0 saturated heterocycles. The van der Waals surface area contributed by atoms with Gasteiger partial charge in [-0.3, -0.25) is 4.79 Å². The fraction of sp³-hybridized carbons (Fsp3) is 0.111. The maximum absolute atomic E-state index is 11.9. The summed E-state index contributed by atoms with van der Waals surface area (Å²) < 4.78 is 1.68. The van der Waals surface area contributed by atoms with Gasteiger partial charge in [0.2, 0.25) is 4.34 Å². The Morgan fingerprint density at radius 2 is 2.10 bits per heavy atom. The average molecular weight is 467 g/mol. The van der Waals surface area contributed by atoms with E-state index in [2.05, 4.69) is 20.7 Å². The second-order valence-corrected chi connectivity index (χ2v) is 9.50. The average Bonchev–Trinajstić information content (AvgIpc) is 3.15. The van der Waals surface area contributed by atoms with E-state index < -0.39 is 0 Å². The van der Waals surface area contributed by atoms with Crippen molar-refractivity contribution >= 4 is 58.6 Å². The van der Waals surface area contributed by atoms with E-state index in [1.807, 2.05) is 24.3 Å². The van der Waals surface area contributed by atoms with Gasteiger partial charge in [0, 0.05) is 15.9 Å². The van der Waals surface area contributed by atoms with Crippen LogP contribution in [0.25, 0.3) is 0 Å². The SMILES string of the molecule is O=C(CSc1n[nH+]c(SCc2ccc(Cl)cc2)s1)NN=Cc1ccc(O)cc1[O-]. The molecule has 0 aliphatic heterocycles. The molecule has 11 heteroatoms. The Labute approximate surface area is 184 Å². The molecule has 0 saturated carbocycles. The summed E-state index contributed by atoms with van der Waals surface area (Å²) in [6.07, 6.45) is 1.24. The molecular formula is C18H15ClN4O3S3. The topological polar surface area (TPSA) is 112 Å². The monoisotopic (exact) mass is 466 g/mol. The van der Waals surface area contributed by atoms with E-state index in [-0.39, 0.29) is 28.7 Å².